The minimum absolute atomic E-state index is 0.00562. The van der Waals surface area contributed by atoms with E-state index in [0.29, 0.717) is 10.8 Å². The average molecular weight is 416 g/mol. The highest BCUT2D eigenvalue weighted by Crippen LogP contribution is 2.66. The Hall–Kier alpha value is -0.990. The van der Waals surface area contributed by atoms with Crippen LogP contribution in [0.1, 0.15) is 105 Å². The van der Waals surface area contributed by atoms with Crippen molar-refractivity contribution in [3.8, 4) is 0 Å². The zero-order valence-corrected chi connectivity index (χ0v) is 19.9. The van der Waals surface area contributed by atoms with E-state index in [-0.39, 0.29) is 6.10 Å². The van der Waals surface area contributed by atoms with Crippen LogP contribution in [0.2, 0.25) is 0 Å². The van der Waals surface area contributed by atoms with Crippen LogP contribution in [0.25, 0.3) is 0 Å². The van der Waals surface area contributed by atoms with E-state index in [0.717, 1.165) is 48.9 Å². The number of carbonyl (C=O) groups excluding carboxylic acids is 1. The van der Waals surface area contributed by atoms with Gasteiger partial charge in [-0.1, -0.05) is 58.6 Å². The van der Waals surface area contributed by atoms with Gasteiger partial charge in [0, 0.05) is 6.42 Å². The molecule has 0 saturated heterocycles. The van der Waals surface area contributed by atoms with Gasteiger partial charge in [0.05, 0.1) is 0 Å². The zero-order chi connectivity index (χ0) is 21.5. The van der Waals surface area contributed by atoms with Crippen molar-refractivity contribution in [3.63, 3.8) is 0 Å². The summed E-state index contributed by atoms with van der Waals surface area (Å²) in [5, 5.41) is 0. The molecule has 30 heavy (non-hydrogen) atoms. The number of hydrogen-bond acceptors (Lipinski definition) is 2. The number of unbranched alkanes of at least 4 members (excludes halogenated alkanes) is 1. The number of primary amides is 1. The minimum atomic E-state index is -0.614. The Labute approximate surface area is 184 Å². The monoisotopic (exact) mass is 415 g/mol. The quantitative estimate of drug-likeness (QED) is 0.367. The fourth-order valence-corrected chi connectivity index (χ4v) is 8.42. The second kappa shape index (κ2) is 8.51. The topological polar surface area (TPSA) is 52.3 Å². The van der Waals surface area contributed by atoms with E-state index in [1.165, 1.54) is 57.8 Å². The maximum absolute atomic E-state index is 11.2. The number of nitrogens with two attached hydrogens (primary N) is 1. The van der Waals surface area contributed by atoms with Gasteiger partial charge in [0.1, 0.15) is 6.10 Å². The fraction of sp³-hybridized carbons (Fsp3) is 0.889. The first kappa shape index (κ1) is 22.2. The molecule has 3 nitrogen and oxygen atoms in total. The molecule has 4 rings (SSSR count). The van der Waals surface area contributed by atoms with E-state index in [1.807, 2.05) is 0 Å². The van der Waals surface area contributed by atoms with Crippen LogP contribution in [0.5, 0.6) is 0 Å². The molecule has 3 fully saturated rings. The van der Waals surface area contributed by atoms with Crippen LogP contribution in [-0.4, -0.2) is 12.2 Å². The van der Waals surface area contributed by atoms with Gasteiger partial charge in [0.2, 0.25) is 0 Å². The summed E-state index contributed by atoms with van der Waals surface area (Å²) in [6, 6.07) is 0. The number of carbonyl (C=O) groups is 1. The highest BCUT2D eigenvalue weighted by atomic mass is 16.6. The largest absolute Gasteiger partial charge is 0.446 e. The summed E-state index contributed by atoms with van der Waals surface area (Å²) >= 11 is 0. The lowest BCUT2D eigenvalue weighted by atomic mass is 9.47. The maximum Gasteiger partial charge on any atom is 0.404 e. The van der Waals surface area contributed by atoms with Gasteiger partial charge in [0.25, 0.3) is 0 Å². The third-order valence-corrected chi connectivity index (χ3v) is 10.1. The van der Waals surface area contributed by atoms with E-state index in [9.17, 15) is 4.79 Å². The number of hydrogen-bond donors (Lipinski definition) is 1. The second-order valence-corrected chi connectivity index (χ2v) is 12.1. The Kier molecular flexibility index (Phi) is 6.30. The summed E-state index contributed by atoms with van der Waals surface area (Å²) in [7, 11) is 0. The average Bonchev–Trinajstić information content (AvgIpc) is 3.01. The molecule has 1 amide bonds. The highest BCUT2D eigenvalue weighted by molar-refractivity contribution is 5.64. The molecule has 0 aliphatic heterocycles. The molecule has 7 atom stereocenters. The highest BCUT2D eigenvalue weighted by Gasteiger charge is 2.58. The second-order valence-electron chi connectivity index (χ2n) is 12.1. The van der Waals surface area contributed by atoms with Gasteiger partial charge in [-0.05, 0) is 91.8 Å². The summed E-state index contributed by atoms with van der Waals surface area (Å²) in [5.74, 6) is 4.41. The van der Waals surface area contributed by atoms with Crippen LogP contribution in [0.15, 0.2) is 11.6 Å². The Morgan fingerprint density at radius 1 is 1.13 bits per heavy atom. The van der Waals surface area contributed by atoms with Gasteiger partial charge in [0.15, 0.2) is 0 Å². The van der Waals surface area contributed by atoms with E-state index in [2.05, 4.69) is 33.8 Å². The first-order valence-electron chi connectivity index (χ1n) is 12.9. The molecular weight excluding hydrogens is 370 g/mol. The van der Waals surface area contributed by atoms with Gasteiger partial charge < -0.3 is 10.5 Å². The van der Waals surface area contributed by atoms with E-state index >= 15 is 0 Å². The minimum Gasteiger partial charge on any atom is -0.446 e. The summed E-state index contributed by atoms with van der Waals surface area (Å²) in [6.45, 7) is 9.89. The Morgan fingerprint density at radius 2 is 1.93 bits per heavy atom. The number of rotatable bonds is 6. The third-order valence-electron chi connectivity index (χ3n) is 10.1. The molecule has 0 heterocycles. The molecule has 4 aliphatic carbocycles. The molecule has 2 N–H and O–H groups in total. The lowest BCUT2D eigenvalue weighted by Gasteiger charge is -2.58. The Balaban J connectivity index is 1.44. The smallest absolute Gasteiger partial charge is 0.404 e. The molecule has 0 aromatic carbocycles. The van der Waals surface area contributed by atoms with Crippen LogP contribution in [0.3, 0.4) is 0 Å². The van der Waals surface area contributed by atoms with Crippen molar-refractivity contribution in [1.82, 2.24) is 0 Å². The third kappa shape index (κ3) is 3.95. The molecule has 7 unspecified atom stereocenters. The molecule has 0 aromatic heterocycles. The van der Waals surface area contributed by atoms with Crippen molar-refractivity contribution in [1.29, 1.82) is 0 Å². The van der Waals surface area contributed by atoms with Gasteiger partial charge >= 0.3 is 6.09 Å². The zero-order valence-electron chi connectivity index (χ0n) is 19.9. The van der Waals surface area contributed by atoms with E-state index in [4.69, 9.17) is 10.5 Å². The molecule has 0 bridgehead atoms. The van der Waals surface area contributed by atoms with Crippen molar-refractivity contribution in [2.24, 2.45) is 46.2 Å². The fourth-order valence-electron chi connectivity index (χ4n) is 8.42. The van der Waals surface area contributed by atoms with E-state index in [1.54, 1.807) is 5.57 Å². The molecular formula is C27H45NO2. The van der Waals surface area contributed by atoms with Gasteiger partial charge in [-0.3, -0.25) is 0 Å². The lowest BCUT2D eigenvalue weighted by molar-refractivity contribution is -0.0515. The number of fused-ring (bicyclic) bond motifs is 5. The summed E-state index contributed by atoms with van der Waals surface area (Å²) in [4.78, 5) is 11.2. The Morgan fingerprint density at radius 3 is 2.67 bits per heavy atom. The standard InChI is InChI=1S/C27H45NO2/c1-18(2)7-5-6-8-19-10-12-23-22-11-9-20-17-21(30-25(28)29)13-15-27(20,4)24(22)14-16-26(19,23)3/h9,18-19,21-24H,5-8,10-17H2,1-4H3,(H2,28,29). The van der Waals surface area contributed by atoms with Crippen LogP contribution in [0, 0.1) is 40.4 Å². The van der Waals surface area contributed by atoms with Gasteiger partial charge in [-0.15, -0.1) is 0 Å². The molecule has 4 aliphatic rings. The SMILES string of the molecule is CC(C)CCCCC1CCC2C3CC=C4CC(OC(N)=O)CCC4(C)C3CCC12C. The molecule has 0 aromatic rings. The van der Waals surface area contributed by atoms with Crippen molar-refractivity contribution in [2.75, 3.05) is 0 Å². The molecule has 0 spiro atoms. The van der Waals surface area contributed by atoms with Crippen molar-refractivity contribution >= 4 is 6.09 Å². The number of allylic oxidation sites excluding steroid dienone is 1. The maximum atomic E-state index is 11.2. The van der Waals surface area contributed by atoms with Gasteiger partial charge in [-0.2, -0.15) is 0 Å². The van der Waals surface area contributed by atoms with Crippen molar-refractivity contribution < 1.29 is 9.53 Å². The summed E-state index contributed by atoms with van der Waals surface area (Å²) < 4.78 is 5.38. The van der Waals surface area contributed by atoms with Gasteiger partial charge in [-0.25, -0.2) is 4.79 Å². The first-order chi connectivity index (χ1) is 14.2. The molecule has 3 heteroatoms. The lowest BCUT2D eigenvalue weighted by Crippen LogP contribution is -2.50. The van der Waals surface area contributed by atoms with Crippen LogP contribution >= 0.6 is 0 Å². The van der Waals surface area contributed by atoms with Crippen LogP contribution in [-0.2, 0) is 4.74 Å². The number of ether oxygens (including phenoxy) is 1. The Bertz CT molecular complexity index is 670. The first-order valence-corrected chi connectivity index (χ1v) is 12.9. The molecule has 170 valence electrons. The van der Waals surface area contributed by atoms with Crippen LogP contribution in [0.4, 0.5) is 4.79 Å². The number of amides is 1. The molecule has 0 radical (unpaired) electrons. The van der Waals surface area contributed by atoms with Crippen molar-refractivity contribution in [2.45, 2.75) is 111 Å². The van der Waals surface area contributed by atoms with Crippen LogP contribution < -0.4 is 5.73 Å². The summed E-state index contributed by atoms with van der Waals surface area (Å²) in [5.41, 5.74) is 7.75. The van der Waals surface area contributed by atoms with Crippen molar-refractivity contribution in [3.05, 3.63) is 11.6 Å². The molecule has 3 saturated carbocycles. The summed E-state index contributed by atoms with van der Waals surface area (Å²) in [6.07, 6.45) is 17.7. The normalized spacial score (nSPS) is 42.8. The predicted octanol–water partition coefficient (Wildman–Crippen LogP) is 7.25. The predicted molar refractivity (Wildman–Crippen MR) is 123 cm³/mol. The van der Waals surface area contributed by atoms with E-state index < -0.39 is 6.09 Å².